The van der Waals surface area contributed by atoms with Gasteiger partial charge in [0.05, 0.1) is 18.6 Å². The predicted molar refractivity (Wildman–Crippen MR) is 70.6 cm³/mol. The smallest absolute Gasteiger partial charge is 0.227 e. The van der Waals surface area contributed by atoms with Gasteiger partial charge in [-0.1, -0.05) is 0 Å². The van der Waals surface area contributed by atoms with Crippen LogP contribution in [0.4, 0.5) is 0 Å². The summed E-state index contributed by atoms with van der Waals surface area (Å²) in [5, 5.41) is 5.96. The van der Waals surface area contributed by atoms with Crippen LogP contribution in [-0.2, 0) is 14.3 Å². The van der Waals surface area contributed by atoms with Crippen molar-refractivity contribution in [2.24, 2.45) is 5.41 Å². The number of morpholine rings is 1. The van der Waals surface area contributed by atoms with Gasteiger partial charge in [-0.3, -0.25) is 9.59 Å². The maximum absolute atomic E-state index is 12.2. The first-order valence-electron chi connectivity index (χ1n) is 6.86. The highest BCUT2D eigenvalue weighted by Crippen LogP contribution is 2.30. The minimum absolute atomic E-state index is 0.0157. The van der Waals surface area contributed by atoms with Crippen LogP contribution < -0.4 is 10.6 Å². The van der Waals surface area contributed by atoms with Crippen molar-refractivity contribution in [2.75, 3.05) is 39.9 Å². The first kappa shape index (κ1) is 14.3. The summed E-state index contributed by atoms with van der Waals surface area (Å²) < 4.78 is 5.34. The van der Waals surface area contributed by atoms with Crippen LogP contribution in [0.3, 0.4) is 0 Å². The normalized spacial score (nSPS) is 31.3. The Kier molecular flexibility index (Phi) is 4.42. The van der Waals surface area contributed by atoms with Crippen molar-refractivity contribution in [3.8, 4) is 0 Å². The van der Waals surface area contributed by atoms with Crippen molar-refractivity contribution >= 4 is 11.8 Å². The second-order valence-corrected chi connectivity index (χ2v) is 5.64. The molecular weight excluding hydrogens is 246 g/mol. The van der Waals surface area contributed by atoms with Crippen molar-refractivity contribution in [1.29, 1.82) is 0 Å². The minimum Gasteiger partial charge on any atom is -0.378 e. The Morgan fingerprint density at radius 2 is 2.32 bits per heavy atom. The Bertz CT molecular complexity index is 355. The summed E-state index contributed by atoms with van der Waals surface area (Å²) >= 11 is 0. The number of rotatable bonds is 3. The molecule has 0 bridgehead atoms. The van der Waals surface area contributed by atoms with Gasteiger partial charge in [-0.2, -0.15) is 0 Å². The molecule has 2 saturated heterocycles. The van der Waals surface area contributed by atoms with Crippen molar-refractivity contribution in [3.05, 3.63) is 0 Å². The monoisotopic (exact) mass is 269 g/mol. The Morgan fingerprint density at radius 1 is 1.53 bits per heavy atom. The summed E-state index contributed by atoms with van der Waals surface area (Å²) in [5.41, 5.74) is -0.444. The molecule has 2 amide bonds. The summed E-state index contributed by atoms with van der Waals surface area (Å²) in [6, 6.07) is 0.105. The fraction of sp³-hybridized carbons (Fsp3) is 0.846. The lowest BCUT2D eigenvalue weighted by molar-refractivity contribution is -0.133. The third-order valence-corrected chi connectivity index (χ3v) is 4.02. The summed E-state index contributed by atoms with van der Waals surface area (Å²) in [7, 11) is 1.64. The topological polar surface area (TPSA) is 70.7 Å². The van der Waals surface area contributed by atoms with Gasteiger partial charge in [0, 0.05) is 39.1 Å². The van der Waals surface area contributed by atoms with Gasteiger partial charge in [0.2, 0.25) is 11.8 Å². The number of amides is 2. The van der Waals surface area contributed by atoms with E-state index in [0.717, 1.165) is 13.0 Å². The van der Waals surface area contributed by atoms with E-state index in [2.05, 4.69) is 10.6 Å². The van der Waals surface area contributed by atoms with Gasteiger partial charge < -0.3 is 20.3 Å². The zero-order chi connectivity index (χ0) is 13.9. The van der Waals surface area contributed by atoms with Crippen LogP contribution in [0.25, 0.3) is 0 Å². The highest BCUT2D eigenvalue weighted by atomic mass is 16.5. The molecule has 108 valence electrons. The highest BCUT2D eigenvalue weighted by Gasteiger charge is 2.41. The van der Waals surface area contributed by atoms with E-state index in [1.807, 2.05) is 6.92 Å². The summed E-state index contributed by atoms with van der Waals surface area (Å²) in [6.45, 7) is 5.19. The molecule has 0 spiro atoms. The fourth-order valence-corrected chi connectivity index (χ4v) is 2.75. The highest BCUT2D eigenvalue weighted by molar-refractivity contribution is 5.85. The van der Waals surface area contributed by atoms with Crippen LogP contribution in [0.15, 0.2) is 0 Å². The Morgan fingerprint density at radius 3 is 2.95 bits per heavy atom. The van der Waals surface area contributed by atoms with Crippen LogP contribution in [0.1, 0.15) is 19.8 Å². The van der Waals surface area contributed by atoms with Crippen molar-refractivity contribution in [2.45, 2.75) is 25.8 Å². The van der Waals surface area contributed by atoms with E-state index in [4.69, 9.17) is 4.74 Å². The molecule has 2 N–H and O–H groups in total. The van der Waals surface area contributed by atoms with E-state index in [1.54, 1.807) is 11.9 Å². The molecule has 2 fully saturated rings. The minimum atomic E-state index is -0.444. The molecule has 0 aromatic heterocycles. The molecule has 2 aliphatic heterocycles. The lowest BCUT2D eigenvalue weighted by Gasteiger charge is -2.26. The van der Waals surface area contributed by atoms with Gasteiger partial charge in [-0.15, -0.1) is 0 Å². The van der Waals surface area contributed by atoms with E-state index in [9.17, 15) is 9.59 Å². The SMILES string of the molecule is CNC(=O)C1(C)CCN(C(=O)CC2COCCN2)C1. The largest absolute Gasteiger partial charge is 0.378 e. The van der Waals surface area contributed by atoms with Gasteiger partial charge in [-0.25, -0.2) is 0 Å². The molecule has 6 nitrogen and oxygen atoms in total. The lowest BCUT2D eigenvalue weighted by Crippen LogP contribution is -2.45. The quantitative estimate of drug-likeness (QED) is 0.714. The number of nitrogens with zero attached hydrogens (tertiary/aromatic N) is 1. The van der Waals surface area contributed by atoms with Gasteiger partial charge in [0.25, 0.3) is 0 Å². The van der Waals surface area contributed by atoms with E-state index in [-0.39, 0.29) is 17.9 Å². The van der Waals surface area contributed by atoms with Crippen LogP contribution >= 0.6 is 0 Å². The van der Waals surface area contributed by atoms with Crippen LogP contribution in [0.2, 0.25) is 0 Å². The molecule has 2 atom stereocenters. The van der Waals surface area contributed by atoms with Gasteiger partial charge in [0.15, 0.2) is 0 Å². The predicted octanol–water partition coefficient (Wildman–Crippen LogP) is -0.650. The van der Waals surface area contributed by atoms with E-state index in [0.29, 0.717) is 32.7 Å². The van der Waals surface area contributed by atoms with Crippen LogP contribution in [0, 0.1) is 5.41 Å². The first-order valence-corrected chi connectivity index (χ1v) is 6.86. The second kappa shape index (κ2) is 5.88. The van der Waals surface area contributed by atoms with E-state index >= 15 is 0 Å². The fourth-order valence-electron chi connectivity index (χ4n) is 2.75. The van der Waals surface area contributed by atoms with Crippen molar-refractivity contribution < 1.29 is 14.3 Å². The molecule has 2 rings (SSSR count). The number of carbonyl (C=O) groups is 2. The average Bonchev–Trinajstić information content (AvgIpc) is 2.83. The third kappa shape index (κ3) is 3.25. The van der Waals surface area contributed by atoms with Gasteiger partial charge in [0.1, 0.15) is 0 Å². The van der Waals surface area contributed by atoms with Gasteiger partial charge >= 0.3 is 0 Å². The second-order valence-electron chi connectivity index (χ2n) is 5.64. The molecule has 19 heavy (non-hydrogen) atoms. The zero-order valence-electron chi connectivity index (χ0n) is 11.7. The molecule has 0 aliphatic carbocycles. The summed E-state index contributed by atoms with van der Waals surface area (Å²) in [5.74, 6) is 0.123. The van der Waals surface area contributed by atoms with Crippen LogP contribution in [-0.4, -0.2) is 62.7 Å². The molecule has 6 heteroatoms. The molecule has 0 aromatic rings. The Balaban J connectivity index is 1.86. The summed E-state index contributed by atoms with van der Waals surface area (Å²) in [4.78, 5) is 25.8. The standard InChI is InChI=1S/C13H23N3O3/c1-13(12(18)14-2)3-5-16(9-13)11(17)7-10-8-19-6-4-15-10/h10,15H,3-9H2,1-2H3,(H,14,18). The summed E-state index contributed by atoms with van der Waals surface area (Å²) in [6.07, 6.45) is 1.18. The van der Waals surface area contributed by atoms with Crippen LogP contribution in [0.5, 0.6) is 0 Å². The molecule has 2 aliphatic rings. The molecule has 2 unspecified atom stereocenters. The maximum Gasteiger partial charge on any atom is 0.227 e. The molecule has 0 radical (unpaired) electrons. The maximum atomic E-state index is 12.2. The number of likely N-dealkylation sites (tertiary alicyclic amines) is 1. The van der Waals surface area contributed by atoms with Crippen molar-refractivity contribution in [1.82, 2.24) is 15.5 Å². The van der Waals surface area contributed by atoms with Gasteiger partial charge in [-0.05, 0) is 13.3 Å². The van der Waals surface area contributed by atoms with Crippen molar-refractivity contribution in [3.63, 3.8) is 0 Å². The Hall–Kier alpha value is -1.14. The number of ether oxygens (including phenoxy) is 1. The lowest BCUT2D eigenvalue weighted by atomic mass is 9.89. The third-order valence-electron chi connectivity index (χ3n) is 4.02. The molecular formula is C13H23N3O3. The number of hydrogen-bond donors (Lipinski definition) is 2. The number of carbonyl (C=O) groups excluding carboxylic acids is 2. The Labute approximate surface area is 113 Å². The molecule has 0 aromatic carbocycles. The number of nitrogens with one attached hydrogen (secondary N) is 2. The van der Waals surface area contributed by atoms with E-state index in [1.165, 1.54) is 0 Å². The molecule has 0 saturated carbocycles. The number of hydrogen-bond acceptors (Lipinski definition) is 4. The molecule has 2 heterocycles. The first-order chi connectivity index (χ1) is 9.05. The zero-order valence-corrected chi connectivity index (χ0v) is 11.7. The average molecular weight is 269 g/mol. The van der Waals surface area contributed by atoms with E-state index < -0.39 is 5.41 Å².